The van der Waals surface area contributed by atoms with Gasteiger partial charge in [0.2, 0.25) is 5.82 Å². The lowest BCUT2D eigenvalue weighted by Crippen LogP contribution is -2.08. The van der Waals surface area contributed by atoms with E-state index < -0.39 is 34.8 Å². The second kappa shape index (κ2) is 3.58. The van der Waals surface area contributed by atoms with E-state index in [1.807, 2.05) is 0 Å². The Morgan fingerprint density at radius 1 is 0.812 bits per heavy atom. The van der Waals surface area contributed by atoms with E-state index in [-0.39, 0.29) is 0 Å². The molecule has 0 saturated heterocycles. The summed E-state index contributed by atoms with van der Waals surface area (Å²) in [5.74, 6) is -9.94. The first-order chi connectivity index (χ1) is 7.54. The van der Waals surface area contributed by atoms with Gasteiger partial charge in [0.25, 0.3) is 0 Å². The van der Waals surface area contributed by atoms with Crippen LogP contribution < -0.4 is 0 Å². The fourth-order valence-electron chi connectivity index (χ4n) is 1.21. The zero-order chi connectivity index (χ0) is 11.9. The molecule has 0 radical (unpaired) electrons. The van der Waals surface area contributed by atoms with Crippen LogP contribution in [0.15, 0.2) is 18.7 Å². The van der Waals surface area contributed by atoms with Gasteiger partial charge < -0.3 is 4.57 Å². The standard InChI is InChI=1S/C9H3F5N2/c10-4-5(11)7(13)9(8(14)6(4)12)16-2-1-15-3-16/h1-3H. The van der Waals surface area contributed by atoms with E-state index in [2.05, 4.69) is 4.98 Å². The molecule has 2 rings (SSSR count). The van der Waals surface area contributed by atoms with Gasteiger partial charge in [0, 0.05) is 12.4 Å². The van der Waals surface area contributed by atoms with Gasteiger partial charge in [-0.2, -0.15) is 0 Å². The Balaban J connectivity index is 2.81. The number of aromatic nitrogens is 2. The largest absolute Gasteiger partial charge is 0.301 e. The van der Waals surface area contributed by atoms with Crippen molar-refractivity contribution >= 4 is 0 Å². The SMILES string of the molecule is Fc1c(F)c(F)c(-n2ccnc2)c(F)c1F. The average molecular weight is 234 g/mol. The summed E-state index contributed by atoms with van der Waals surface area (Å²) in [7, 11) is 0. The Kier molecular flexibility index (Phi) is 2.37. The smallest absolute Gasteiger partial charge is 0.200 e. The van der Waals surface area contributed by atoms with E-state index in [0.29, 0.717) is 4.57 Å². The van der Waals surface area contributed by atoms with Crippen molar-refractivity contribution in [3.63, 3.8) is 0 Å². The molecule has 16 heavy (non-hydrogen) atoms. The van der Waals surface area contributed by atoms with Crippen LogP contribution in [0.4, 0.5) is 22.0 Å². The lowest BCUT2D eigenvalue weighted by atomic mass is 10.2. The number of hydrogen-bond donors (Lipinski definition) is 0. The van der Waals surface area contributed by atoms with Crippen LogP contribution in [0.1, 0.15) is 0 Å². The molecule has 0 bridgehead atoms. The van der Waals surface area contributed by atoms with Crippen LogP contribution in [-0.4, -0.2) is 9.55 Å². The molecule has 0 unspecified atom stereocenters. The van der Waals surface area contributed by atoms with Crippen molar-refractivity contribution in [1.29, 1.82) is 0 Å². The fraction of sp³-hybridized carbons (Fsp3) is 0. The summed E-state index contributed by atoms with van der Waals surface area (Å²) >= 11 is 0. The van der Waals surface area contributed by atoms with Crippen molar-refractivity contribution < 1.29 is 22.0 Å². The molecule has 7 heteroatoms. The third-order valence-corrected chi connectivity index (χ3v) is 1.95. The van der Waals surface area contributed by atoms with Crippen LogP contribution in [0.5, 0.6) is 0 Å². The summed E-state index contributed by atoms with van der Waals surface area (Å²) in [6.07, 6.45) is 3.15. The van der Waals surface area contributed by atoms with E-state index in [0.717, 1.165) is 18.7 Å². The van der Waals surface area contributed by atoms with Gasteiger partial charge in [-0.3, -0.25) is 0 Å². The summed E-state index contributed by atoms with van der Waals surface area (Å²) in [5, 5.41) is 0. The minimum absolute atomic E-state index is 0.705. The molecule has 84 valence electrons. The minimum atomic E-state index is -2.18. The number of hydrogen-bond acceptors (Lipinski definition) is 1. The zero-order valence-corrected chi connectivity index (χ0v) is 7.52. The molecule has 0 saturated carbocycles. The molecule has 1 aromatic carbocycles. The number of rotatable bonds is 1. The second-order valence-corrected chi connectivity index (χ2v) is 2.89. The molecule has 0 spiro atoms. The van der Waals surface area contributed by atoms with Gasteiger partial charge in [0.05, 0.1) is 6.33 Å². The molecule has 0 aliphatic rings. The number of imidazole rings is 1. The second-order valence-electron chi connectivity index (χ2n) is 2.89. The van der Waals surface area contributed by atoms with E-state index in [9.17, 15) is 22.0 Å². The fourth-order valence-corrected chi connectivity index (χ4v) is 1.21. The molecule has 2 nitrogen and oxygen atoms in total. The van der Waals surface area contributed by atoms with Gasteiger partial charge in [-0.25, -0.2) is 26.9 Å². The third-order valence-electron chi connectivity index (χ3n) is 1.95. The van der Waals surface area contributed by atoms with Crippen molar-refractivity contribution in [3.05, 3.63) is 47.8 Å². The van der Waals surface area contributed by atoms with Crippen molar-refractivity contribution in [3.8, 4) is 5.69 Å². The maximum Gasteiger partial charge on any atom is 0.200 e. The van der Waals surface area contributed by atoms with Gasteiger partial charge in [0.1, 0.15) is 5.69 Å². The molecule has 0 aliphatic carbocycles. The first-order valence-corrected chi connectivity index (χ1v) is 4.03. The van der Waals surface area contributed by atoms with Crippen molar-refractivity contribution in [1.82, 2.24) is 9.55 Å². The minimum Gasteiger partial charge on any atom is -0.301 e. The van der Waals surface area contributed by atoms with Gasteiger partial charge in [-0.1, -0.05) is 0 Å². The summed E-state index contributed by atoms with van der Waals surface area (Å²) < 4.78 is 65.4. The van der Waals surface area contributed by atoms with Crippen molar-refractivity contribution in [2.24, 2.45) is 0 Å². The molecular weight excluding hydrogens is 231 g/mol. The Hall–Kier alpha value is -1.92. The van der Waals surface area contributed by atoms with Gasteiger partial charge in [-0.05, 0) is 0 Å². The first kappa shape index (κ1) is 10.6. The highest BCUT2D eigenvalue weighted by Crippen LogP contribution is 2.25. The van der Waals surface area contributed by atoms with Crippen LogP contribution in [0, 0.1) is 29.1 Å². The molecule has 0 amide bonds. The molecular formula is C9H3F5N2. The Morgan fingerprint density at radius 2 is 1.31 bits per heavy atom. The van der Waals surface area contributed by atoms with Crippen LogP contribution in [0.3, 0.4) is 0 Å². The quantitative estimate of drug-likeness (QED) is 0.421. The Morgan fingerprint density at radius 3 is 1.75 bits per heavy atom. The molecule has 2 aromatic rings. The number of benzene rings is 1. The van der Waals surface area contributed by atoms with Gasteiger partial charge >= 0.3 is 0 Å². The molecule has 1 aromatic heterocycles. The predicted molar refractivity (Wildman–Crippen MR) is 43.4 cm³/mol. The van der Waals surface area contributed by atoms with Crippen LogP contribution in [0.25, 0.3) is 5.69 Å². The monoisotopic (exact) mass is 234 g/mol. The normalized spacial score (nSPS) is 10.8. The van der Waals surface area contributed by atoms with Crippen molar-refractivity contribution in [2.75, 3.05) is 0 Å². The summed E-state index contributed by atoms with van der Waals surface area (Å²) in [5.41, 5.74) is -1.05. The van der Waals surface area contributed by atoms with E-state index >= 15 is 0 Å². The molecule has 0 fully saturated rings. The Labute approximate surface area is 86.0 Å². The lowest BCUT2D eigenvalue weighted by Gasteiger charge is -2.07. The maximum atomic E-state index is 13.2. The van der Waals surface area contributed by atoms with Crippen LogP contribution in [-0.2, 0) is 0 Å². The summed E-state index contributed by atoms with van der Waals surface area (Å²) in [6.45, 7) is 0. The summed E-state index contributed by atoms with van der Waals surface area (Å²) in [4.78, 5) is 3.45. The molecule has 0 aliphatic heterocycles. The third kappa shape index (κ3) is 1.36. The van der Waals surface area contributed by atoms with E-state index in [1.165, 1.54) is 0 Å². The predicted octanol–water partition coefficient (Wildman–Crippen LogP) is 2.57. The zero-order valence-electron chi connectivity index (χ0n) is 7.52. The molecule has 1 heterocycles. The van der Waals surface area contributed by atoms with Gasteiger partial charge in [-0.15, -0.1) is 0 Å². The highest BCUT2D eigenvalue weighted by atomic mass is 19.2. The lowest BCUT2D eigenvalue weighted by molar-refractivity contribution is 0.375. The first-order valence-electron chi connectivity index (χ1n) is 4.03. The topological polar surface area (TPSA) is 17.8 Å². The molecule has 0 N–H and O–H groups in total. The maximum absolute atomic E-state index is 13.2. The van der Waals surface area contributed by atoms with Crippen molar-refractivity contribution in [2.45, 2.75) is 0 Å². The number of nitrogens with zero attached hydrogens (tertiary/aromatic N) is 2. The van der Waals surface area contributed by atoms with Gasteiger partial charge in [0.15, 0.2) is 23.3 Å². The average Bonchev–Trinajstić information content (AvgIpc) is 2.77. The van der Waals surface area contributed by atoms with E-state index in [4.69, 9.17) is 0 Å². The summed E-state index contributed by atoms with van der Waals surface area (Å²) in [6, 6.07) is 0. The number of halogens is 5. The van der Waals surface area contributed by atoms with E-state index in [1.54, 1.807) is 0 Å². The van der Waals surface area contributed by atoms with Crippen LogP contribution in [0.2, 0.25) is 0 Å². The highest BCUT2D eigenvalue weighted by molar-refractivity contribution is 5.37. The molecule has 0 atom stereocenters. The highest BCUT2D eigenvalue weighted by Gasteiger charge is 2.26. The van der Waals surface area contributed by atoms with Crippen LogP contribution >= 0.6 is 0 Å². The Bertz CT molecular complexity index is 506.